The van der Waals surface area contributed by atoms with Crippen LogP contribution in [-0.2, 0) is 12.3 Å². The molecule has 0 unspecified atom stereocenters. The van der Waals surface area contributed by atoms with Gasteiger partial charge in [-0.1, -0.05) is 0 Å². The van der Waals surface area contributed by atoms with Crippen LogP contribution in [0.4, 0.5) is 11.5 Å². The van der Waals surface area contributed by atoms with Gasteiger partial charge in [-0.05, 0) is 0 Å². The zero-order valence-corrected chi connectivity index (χ0v) is 12.2. The number of anilines is 2. The number of pyridine rings is 1. The van der Waals surface area contributed by atoms with Crippen molar-refractivity contribution in [1.29, 1.82) is 0 Å². The van der Waals surface area contributed by atoms with Crippen LogP contribution in [-0.4, -0.2) is 15.7 Å². The van der Waals surface area contributed by atoms with Crippen molar-refractivity contribution in [2.75, 3.05) is 3.86 Å². The molecule has 3 rings (SSSR count). The van der Waals surface area contributed by atoms with Crippen LogP contribution < -0.4 is 8.42 Å². The molecule has 3 heteroatoms. The summed E-state index contributed by atoms with van der Waals surface area (Å²) >= 11 is -0.0942. The van der Waals surface area contributed by atoms with Crippen LogP contribution in [0.3, 0.4) is 0 Å². The molecule has 0 N–H and O–H groups in total. The predicted molar refractivity (Wildman–Crippen MR) is 70.4 cm³/mol. The molecule has 0 saturated carbocycles. The predicted octanol–water partition coefficient (Wildman–Crippen LogP) is 2.09. The number of fused-ring (bicyclic) bond motifs is 1. The van der Waals surface area contributed by atoms with Gasteiger partial charge in [0, 0.05) is 0 Å². The standard InChI is InChI=1S/C14H15GeN2/c1-11-6-3-4-8-13(11)17-14-12(10-15-17)7-5-9-16(14)2/h3-9H,10H2,1-2H3/q+1. The fourth-order valence-corrected chi connectivity index (χ4v) is 5.45. The van der Waals surface area contributed by atoms with E-state index in [0.29, 0.717) is 0 Å². The molecule has 84 valence electrons. The third kappa shape index (κ3) is 1.76. The van der Waals surface area contributed by atoms with E-state index in [0.717, 1.165) is 0 Å². The van der Waals surface area contributed by atoms with Gasteiger partial charge in [0.15, 0.2) is 0 Å². The van der Waals surface area contributed by atoms with Crippen molar-refractivity contribution in [3.05, 3.63) is 53.7 Å². The minimum absolute atomic E-state index is 0.0942. The van der Waals surface area contributed by atoms with Crippen LogP contribution in [0, 0.1) is 6.92 Å². The van der Waals surface area contributed by atoms with Gasteiger partial charge in [-0.2, -0.15) is 0 Å². The monoisotopic (exact) mass is 285 g/mol. The molecule has 0 amide bonds. The number of rotatable bonds is 1. The Morgan fingerprint density at radius 1 is 1.18 bits per heavy atom. The number of nitrogens with zero attached hydrogens (tertiary/aromatic N) is 2. The second-order valence-electron chi connectivity index (χ2n) is 4.42. The third-order valence-electron chi connectivity index (χ3n) is 3.22. The van der Waals surface area contributed by atoms with E-state index in [4.69, 9.17) is 0 Å². The first kappa shape index (κ1) is 10.8. The van der Waals surface area contributed by atoms with E-state index >= 15 is 0 Å². The fourth-order valence-electron chi connectivity index (χ4n) is 2.35. The van der Waals surface area contributed by atoms with Crippen LogP contribution in [0.15, 0.2) is 42.6 Å². The summed E-state index contributed by atoms with van der Waals surface area (Å²) in [4.78, 5) is 0. The van der Waals surface area contributed by atoms with Gasteiger partial charge in [0.05, 0.1) is 0 Å². The van der Waals surface area contributed by atoms with Gasteiger partial charge in [-0.25, -0.2) is 0 Å². The van der Waals surface area contributed by atoms with E-state index < -0.39 is 0 Å². The summed E-state index contributed by atoms with van der Waals surface area (Å²) in [5, 5.41) is 1.26. The van der Waals surface area contributed by atoms with Gasteiger partial charge < -0.3 is 0 Å². The SMILES string of the molecule is Cc1ccccc1[N]1[Ge][CH2]c2ccc[n+](C)c21. The molecule has 1 aromatic heterocycles. The van der Waals surface area contributed by atoms with E-state index in [1.165, 1.54) is 27.9 Å². The molecule has 2 nitrogen and oxygen atoms in total. The summed E-state index contributed by atoms with van der Waals surface area (Å²) < 4.78 is 4.79. The van der Waals surface area contributed by atoms with Crippen molar-refractivity contribution < 1.29 is 4.57 Å². The average molecular weight is 284 g/mol. The Hall–Kier alpha value is -1.29. The zero-order valence-electron chi connectivity index (χ0n) is 10.1. The molecular formula is C14H15GeN2+. The average Bonchev–Trinajstić information content (AvgIpc) is 2.75. The Balaban J connectivity index is 2.13. The van der Waals surface area contributed by atoms with E-state index in [1.54, 1.807) is 0 Å². The molecule has 0 fully saturated rings. The molecule has 0 spiro atoms. The molecule has 0 bridgehead atoms. The summed E-state index contributed by atoms with van der Waals surface area (Å²) in [5.74, 6) is 1.39. The van der Waals surface area contributed by atoms with E-state index in [1.807, 2.05) is 0 Å². The first-order chi connectivity index (χ1) is 8.27. The number of benzene rings is 1. The van der Waals surface area contributed by atoms with Crippen LogP contribution in [0.25, 0.3) is 0 Å². The van der Waals surface area contributed by atoms with Gasteiger partial charge in [0.2, 0.25) is 0 Å². The molecule has 17 heavy (non-hydrogen) atoms. The summed E-state index contributed by atoms with van der Waals surface area (Å²) in [6, 6.07) is 13.1. The van der Waals surface area contributed by atoms with E-state index in [2.05, 4.69) is 65.0 Å². The molecule has 0 saturated heterocycles. The molecule has 2 radical (unpaired) electrons. The maximum atomic E-state index is 2.55. The van der Waals surface area contributed by atoms with Gasteiger partial charge >= 0.3 is 109 Å². The Morgan fingerprint density at radius 2 is 2.00 bits per heavy atom. The van der Waals surface area contributed by atoms with Crippen molar-refractivity contribution in [2.24, 2.45) is 7.05 Å². The zero-order chi connectivity index (χ0) is 11.8. The second kappa shape index (κ2) is 4.18. The Bertz CT molecular complexity index is 566. The maximum absolute atomic E-state index is 2.55. The normalized spacial score (nSPS) is 13.9. The van der Waals surface area contributed by atoms with Gasteiger partial charge in [0.1, 0.15) is 0 Å². The van der Waals surface area contributed by atoms with Crippen LogP contribution in [0.5, 0.6) is 0 Å². The summed E-state index contributed by atoms with van der Waals surface area (Å²) in [6.45, 7) is 2.20. The second-order valence-corrected chi connectivity index (χ2v) is 6.77. The van der Waals surface area contributed by atoms with Crippen LogP contribution >= 0.6 is 0 Å². The topological polar surface area (TPSA) is 7.12 Å². The fraction of sp³-hybridized carbons (Fsp3) is 0.214. The minimum atomic E-state index is -0.0942. The molecule has 0 aliphatic carbocycles. The number of aryl methyl sites for hydroxylation is 2. The number of hydrogen-bond acceptors (Lipinski definition) is 1. The molecule has 0 atom stereocenters. The molecule has 1 aromatic carbocycles. The quantitative estimate of drug-likeness (QED) is 0.574. The van der Waals surface area contributed by atoms with E-state index in [-0.39, 0.29) is 15.7 Å². The van der Waals surface area contributed by atoms with Gasteiger partial charge in [-0.3, -0.25) is 0 Å². The third-order valence-corrected chi connectivity index (χ3v) is 5.97. The van der Waals surface area contributed by atoms with Gasteiger partial charge in [0.25, 0.3) is 0 Å². The number of aromatic nitrogens is 1. The molecular weight excluding hydrogens is 269 g/mol. The summed E-state index contributed by atoms with van der Waals surface area (Å²) in [5.41, 5.74) is 4.25. The number of para-hydroxylation sites is 1. The van der Waals surface area contributed by atoms with Crippen molar-refractivity contribution in [2.45, 2.75) is 12.2 Å². The molecule has 1 aliphatic heterocycles. The van der Waals surface area contributed by atoms with E-state index in [9.17, 15) is 0 Å². The van der Waals surface area contributed by atoms with Crippen molar-refractivity contribution in [3.8, 4) is 0 Å². The van der Waals surface area contributed by atoms with Crippen molar-refractivity contribution in [3.63, 3.8) is 0 Å². The Morgan fingerprint density at radius 3 is 2.82 bits per heavy atom. The van der Waals surface area contributed by atoms with Crippen LogP contribution in [0.2, 0.25) is 0 Å². The molecule has 1 aliphatic rings. The first-order valence-corrected chi connectivity index (χ1v) is 8.26. The molecule has 2 aromatic rings. The van der Waals surface area contributed by atoms with Crippen molar-refractivity contribution >= 4 is 27.2 Å². The molecule has 2 heterocycles. The van der Waals surface area contributed by atoms with Gasteiger partial charge in [-0.15, -0.1) is 0 Å². The first-order valence-electron chi connectivity index (χ1n) is 5.84. The Kier molecular flexibility index (Phi) is 2.67. The number of hydrogen-bond donors (Lipinski definition) is 0. The summed E-state index contributed by atoms with van der Waals surface area (Å²) in [6.07, 6.45) is 2.14. The summed E-state index contributed by atoms with van der Waals surface area (Å²) in [7, 11) is 2.14. The van der Waals surface area contributed by atoms with Crippen LogP contribution in [0.1, 0.15) is 11.1 Å². The Labute approximate surface area is 109 Å². The van der Waals surface area contributed by atoms with Crippen molar-refractivity contribution in [1.82, 2.24) is 0 Å².